The van der Waals surface area contributed by atoms with Gasteiger partial charge in [-0.05, 0) is 38.2 Å². The van der Waals surface area contributed by atoms with Gasteiger partial charge in [0.15, 0.2) is 0 Å². The number of allylic oxidation sites excluding steroid dienone is 2. The normalized spacial score (nSPS) is 14.2. The zero-order valence-corrected chi connectivity index (χ0v) is 15.2. The molecule has 0 amide bonds. The predicted molar refractivity (Wildman–Crippen MR) is 102 cm³/mol. The summed E-state index contributed by atoms with van der Waals surface area (Å²) in [7, 11) is 0. The molecule has 0 fully saturated rings. The van der Waals surface area contributed by atoms with Crippen LogP contribution in [0.3, 0.4) is 0 Å². The molecule has 8 heteroatoms. The van der Waals surface area contributed by atoms with E-state index in [2.05, 4.69) is 16.1 Å². The number of nitrogens with zero attached hydrogens (tertiary/aromatic N) is 2. The molecule has 0 aliphatic heterocycles. The van der Waals surface area contributed by atoms with Crippen LogP contribution in [0.4, 0.5) is 5.69 Å². The molecule has 28 heavy (non-hydrogen) atoms. The summed E-state index contributed by atoms with van der Waals surface area (Å²) in [4.78, 5) is 41.5. The van der Waals surface area contributed by atoms with Crippen LogP contribution >= 0.6 is 0 Å². The number of nitrogens with one attached hydrogen (secondary N) is 1. The third-order valence-electron chi connectivity index (χ3n) is 4.71. The van der Waals surface area contributed by atoms with Crippen molar-refractivity contribution in [2.24, 2.45) is 4.99 Å². The van der Waals surface area contributed by atoms with Gasteiger partial charge in [0, 0.05) is 18.3 Å². The summed E-state index contributed by atoms with van der Waals surface area (Å²) in [6.07, 6.45) is 8.03. The molecule has 1 aliphatic rings. The SMILES string of the molecule is O=C([O-])c1ccccc1N=Cc1c(O)n(CCC2=CCCCC2)c(=O)[nH]c1=O. The third-order valence-corrected chi connectivity index (χ3v) is 4.71. The highest BCUT2D eigenvalue weighted by Gasteiger charge is 2.14. The van der Waals surface area contributed by atoms with Crippen LogP contribution in [0.2, 0.25) is 0 Å². The van der Waals surface area contributed by atoms with Crippen molar-refractivity contribution < 1.29 is 15.0 Å². The van der Waals surface area contributed by atoms with Crippen LogP contribution in [0.15, 0.2) is 50.5 Å². The standard InChI is InChI=1S/C20H21N3O5/c24-17-15(12-21-16-9-5-4-8-14(16)19(26)27)18(25)23(20(28)22-17)11-10-13-6-2-1-3-7-13/h4-6,8-9,12,25H,1-3,7,10-11H2,(H,26,27)(H,22,24,28)/p-1. The van der Waals surface area contributed by atoms with Gasteiger partial charge >= 0.3 is 5.69 Å². The van der Waals surface area contributed by atoms with Crippen molar-refractivity contribution in [3.8, 4) is 5.88 Å². The van der Waals surface area contributed by atoms with Crippen molar-refractivity contribution >= 4 is 17.9 Å². The summed E-state index contributed by atoms with van der Waals surface area (Å²) in [5.74, 6) is -1.91. The van der Waals surface area contributed by atoms with Crippen LogP contribution in [-0.2, 0) is 6.54 Å². The van der Waals surface area contributed by atoms with E-state index in [0.717, 1.165) is 36.5 Å². The Morgan fingerprint density at radius 2 is 2.07 bits per heavy atom. The molecule has 1 aliphatic carbocycles. The Morgan fingerprint density at radius 3 is 2.79 bits per heavy atom. The first-order valence-electron chi connectivity index (χ1n) is 9.06. The number of rotatable bonds is 6. The summed E-state index contributed by atoms with van der Waals surface area (Å²) in [5.41, 5.74) is -0.567. The highest BCUT2D eigenvalue weighted by Crippen LogP contribution is 2.22. The number of aromatic amines is 1. The molecule has 2 N–H and O–H groups in total. The number of aromatic nitrogens is 2. The van der Waals surface area contributed by atoms with Gasteiger partial charge in [-0.1, -0.05) is 29.8 Å². The van der Waals surface area contributed by atoms with Crippen molar-refractivity contribution in [3.63, 3.8) is 0 Å². The topological polar surface area (TPSA) is 128 Å². The lowest BCUT2D eigenvalue weighted by Gasteiger charge is -2.14. The largest absolute Gasteiger partial charge is 0.545 e. The minimum Gasteiger partial charge on any atom is -0.545 e. The molecule has 1 aromatic carbocycles. The molecule has 1 aromatic heterocycles. The number of hydrogen-bond donors (Lipinski definition) is 2. The molecular formula is C20H20N3O5-. The highest BCUT2D eigenvalue weighted by atomic mass is 16.4. The first-order chi connectivity index (χ1) is 13.5. The second-order valence-electron chi connectivity index (χ2n) is 6.57. The summed E-state index contributed by atoms with van der Waals surface area (Å²) in [5, 5.41) is 21.6. The number of carbonyl (C=O) groups excluding carboxylic acids is 1. The minimum absolute atomic E-state index is 0.0754. The van der Waals surface area contributed by atoms with Gasteiger partial charge in [0.1, 0.15) is 5.56 Å². The Balaban J connectivity index is 1.91. The number of aromatic hydroxyl groups is 1. The van der Waals surface area contributed by atoms with E-state index in [0.29, 0.717) is 6.42 Å². The Morgan fingerprint density at radius 1 is 1.29 bits per heavy atom. The number of H-pyrrole nitrogens is 1. The zero-order chi connectivity index (χ0) is 20.1. The predicted octanol–water partition coefficient (Wildman–Crippen LogP) is 1.25. The number of aliphatic imine (C=N–C) groups is 1. The van der Waals surface area contributed by atoms with E-state index in [9.17, 15) is 24.6 Å². The molecule has 146 valence electrons. The van der Waals surface area contributed by atoms with Crippen molar-refractivity contribution in [2.75, 3.05) is 0 Å². The number of carbonyl (C=O) groups is 1. The Kier molecular flexibility index (Phi) is 5.88. The van der Waals surface area contributed by atoms with Gasteiger partial charge in [-0.3, -0.25) is 19.3 Å². The van der Waals surface area contributed by atoms with E-state index in [1.54, 1.807) is 6.07 Å². The van der Waals surface area contributed by atoms with E-state index in [-0.39, 0.29) is 23.4 Å². The van der Waals surface area contributed by atoms with Gasteiger partial charge in [0.25, 0.3) is 5.56 Å². The zero-order valence-electron chi connectivity index (χ0n) is 15.2. The average Bonchev–Trinajstić information content (AvgIpc) is 2.68. The van der Waals surface area contributed by atoms with Gasteiger partial charge in [0.2, 0.25) is 5.88 Å². The van der Waals surface area contributed by atoms with Gasteiger partial charge in [-0.2, -0.15) is 0 Å². The van der Waals surface area contributed by atoms with E-state index in [1.807, 2.05) is 0 Å². The Bertz CT molecular complexity index is 1060. The van der Waals surface area contributed by atoms with Crippen LogP contribution < -0.4 is 16.4 Å². The maximum Gasteiger partial charge on any atom is 0.331 e. The van der Waals surface area contributed by atoms with Gasteiger partial charge in [-0.25, -0.2) is 4.79 Å². The summed E-state index contributed by atoms with van der Waals surface area (Å²) < 4.78 is 1.09. The molecule has 0 unspecified atom stereocenters. The fourth-order valence-electron chi connectivity index (χ4n) is 3.18. The third kappa shape index (κ3) is 4.28. The maximum absolute atomic E-state index is 12.1. The second kappa shape index (κ2) is 8.51. The van der Waals surface area contributed by atoms with E-state index >= 15 is 0 Å². The Labute approximate surface area is 160 Å². The van der Waals surface area contributed by atoms with Crippen molar-refractivity contribution in [3.05, 3.63) is 67.9 Å². The number of carboxylic acids is 1. The quantitative estimate of drug-likeness (QED) is 0.574. The number of carboxylic acid groups (broad SMARTS) is 1. The lowest BCUT2D eigenvalue weighted by atomic mass is 9.97. The van der Waals surface area contributed by atoms with Gasteiger partial charge in [0.05, 0.1) is 11.7 Å². The van der Waals surface area contributed by atoms with Gasteiger partial charge < -0.3 is 15.0 Å². The van der Waals surface area contributed by atoms with Gasteiger partial charge in [-0.15, -0.1) is 0 Å². The summed E-state index contributed by atoms with van der Waals surface area (Å²) in [6, 6.07) is 5.87. The smallest absolute Gasteiger partial charge is 0.331 e. The lowest BCUT2D eigenvalue weighted by molar-refractivity contribution is -0.254. The van der Waals surface area contributed by atoms with Crippen LogP contribution in [0.5, 0.6) is 5.88 Å². The molecule has 0 saturated heterocycles. The Hall–Kier alpha value is -3.42. The summed E-state index contributed by atoms with van der Waals surface area (Å²) in [6.45, 7) is 0.226. The highest BCUT2D eigenvalue weighted by molar-refractivity contribution is 5.94. The molecule has 0 saturated carbocycles. The minimum atomic E-state index is -1.41. The van der Waals surface area contributed by atoms with Crippen LogP contribution in [0.25, 0.3) is 0 Å². The number of hydrogen-bond acceptors (Lipinski definition) is 6. The van der Waals surface area contributed by atoms with Crippen LogP contribution in [0, 0.1) is 0 Å². The second-order valence-corrected chi connectivity index (χ2v) is 6.57. The molecule has 0 spiro atoms. The van der Waals surface area contributed by atoms with E-state index in [1.165, 1.54) is 23.8 Å². The molecule has 0 radical (unpaired) electrons. The lowest BCUT2D eigenvalue weighted by Crippen LogP contribution is -2.32. The first-order valence-corrected chi connectivity index (χ1v) is 9.06. The van der Waals surface area contributed by atoms with Crippen molar-refractivity contribution in [1.82, 2.24) is 9.55 Å². The van der Waals surface area contributed by atoms with E-state index < -0.39 is 23.1 Å². The molecule has 1 heterocycles. The number of aromatic carboxylic acids is 1. The molecule has 2 aromatic rings. The van der Waals surface area contributed by atoms with Crippen molar-refractivity contribution in [2.45, 2.75) is 38.6 Å². The van der Waals surface area contributed by atoms with E-state index in [4.69, 9.17) is 0 Å². The molecule has 8 nitrogen and oxygen atoms in total. The average molecular weight is 382 g/mol. The monoisotopic (exact) mass is 382 g/mol. The fourth-order valence-corrected chi connectivity index (χ4v) is 3.18. The fraction of sp³-hybridized carbons (Fsp3) is 0.300. The number of para-hydroxylation sites is 1. The molecule has 0 bridgehead atoms. The molecule has 3 rings (SSSR count). The van der Waals surface area contributed by atoms with Crippen LogP contribution in [0.1, 0.15) is 48.0 Å². The maximum atomic E-state index is 12.1. The van der Waals surface area contributed by atoms with Crippen molar-refractivity contribution in [1.29, 1.82) is 0 Å². The summed E-state index contributed by atoms with van der Waals surface area (Å²) >= 11 is 0. The number of benzene rings is 1. The first kappa shape index (κ1) is 19.3. The molecular weight excluding hydrogens is 362 g/mol. The van der Waals surface area contributed by atoms with Crippen LogP contribution in [-0.4, -0.2) is 26.8 Å². The molecule has 0 atom stereocenters.